The Balaban J connectivity index is 3.84. The van der Waals surface area contributed by atoms with Gasteiger partial charge in [0.05, 0.1) is 13.2 Å². The third kappa shape index (κ3) is 53.6. The summed E-state index contributed by atoms with van der Waals surface area (Å²) in [4.78, 5) is 35.1. The number of rotatable bonds is 55. The van der Waals surface area contributed by atoms with Crippen LogP contribution in [0, 0.1) is 0 Å². The van der Waals surface area contributed by atoms with Gasteiger partial charge in [0.1, 0.15) is 6.61 Å². The number of carbonyl (C=O) groups excluding carboxylic acids is 2. The predicted octanol–water partition coefficient (Wildman–Crippen LogP) is 18.0. The van der Waals surface area contributed by atoms with Gasteiger partial charge in [-0.3, -0.25) is 18.6 Å². The summed E-state index contributed by atoms with van der Waals surface area (Å²) in [5.41, 5.74) is 5.37. The highest BCUT2D eigenvalue weighted by Gasteiger charge is 2.26. The Bertz CT molecular complexity index is 1210. The number of hydrogen-bond acceptors (Lipinski definition) is 8. The van der Waals surface area contributed by atoms with Crippen LogP contribution in [0.15, 0.2) is 36.5 Å². The molecule has 400 valence electrons. The summed E-state index contributed by atoms with van der Waals surface area (Å²) in [7, 11) is -4.38. The third-order valence-corrected chi connectivity index (χ3v) is 13.7. The summed E-state index contributed by atoms with van der Waals surface area (Å²) in [6.45, 7) is 3.75. The summed E-state index contributed by atoms with van der Waals surface area (Å²) < 4.78 is 33.0. The normalized spacial score (nSPS) is 13.3. The van der Waals surface area contributed by atoms with Crippen molar-refractivity contribution < 1.29 is 37.6 Å². The topological polar surface area (TPSA) is 134 Å². The van der Waals surface area contributed by atoms with Crippen LogP contribution in [-0.4, -0.2) is 49.3 Å². The highest BCUT2D eigenvalue weighted by atomic mass is 31.2. The van der Waals surface area contributed by atoms with E-state index < -0.39 is 26.5 Å². The zero-order valence-electron chi connectivity index (χ0n) is 44.6. The summed E-state index contributed by atoms with van der Waals surface area (Å²) in [6, 6.07) is 0. The monoisotopic (exact) mass is 980 g/mol. The molecule has 0 heterocycles. The van der Waals surface area contributed by atoms with Crippen molar-refractivity contribution in [2.45, 2.75) is 296 Å². The van der Waals surface area contributed by atoms with E-state index in [2.05, 4.69) is 50.3 Å². The lowest BCUT2D eigenvalue weighted by molar-refractivity contribution is -0.161. The fraction of sp³-hybridized carbons (Fsp3) is 0.862. The lowest BCUT2D eigenvalue weighted by atomic mass is 10.0. The maximum atomic E-state index is 12.7. The first-order valence-electron chi connectivity index (χ1n) is 29.0. The first-order chi connectivity index (χ1) is 33.3. The Morgan fingerprint density at radius 3 is 1.13 bits per heavy atom. The van der Waals surface area contributed by atoms with Gasteiger partial charge in [0, 0.05) is 19.4 Å². The molecule has 0 saturated heterocycles. The maximum Gasteiger partial charge on any atom is 0.472 e. The van der Waals surface area contributed by atoms with Crippen molar-refractivity contribution in [3.05, 3.63) is 36.5 Å². The molecule has 0 aliphatic carbocycles. The van der Waals surface area contributed by atoms with Crippen LogP contribution >= 0.6 is 7.82 Å². The molecule has 2 atom stereocenters. The van der Waals surface area contributed by atoms with E-state index >= 15 is 0 Å². The maximum absolute atomic E-state index is 12.7. The van der Waals surface area contributed by atoms with Crippen molar-refractivity contribution in [3.63, 3.8) is 0 Å². The van der Waals surface area contributed by atoms with Crippen LogP contribution in [-0.2, 0) is 32.7 Å². The van der Waals surface area contributed by atoms with E-state index in [1.165, 1.54) is 199 Å². The molecule has 68 heavy (non-hydrogen) atoms. The van der Waals surface area contributed by atoms with E-state index in [4.69, 9.17) is 24.3 Å². The van der Waals surface area contributed by atoms with Gasteiger partial charge in [0.15, 0.2) is 6.10 Å². The van der Waals surface area contributed by atoms with Crippen LogP contribution < -0.4 is 5.73 Å². The molecule has 0 aromatic carbocycles. The number of hydrogen-bond donors (Lipinski definition) is 2. The standard InChI is InChI=1S/C58H110NO8P/c1-3-5-7-9-11-13-15-17-19-20-21-22-23-24-25-26-27-28-29-30-31-32-33-34-35-36-37-39-41-43-45-47-49-51-58(61)67-56(55-66-68(62,63)65-53-52-59)54-64-57(60)50-48-46-44-42-40-38-18-16-14-12-10-8-6-4-2/h15-18,20-21,56H,3-14,19,22-55,59H2,1-2H3,(H,62,63)/b17-15-,18-16-,21-20-. The zero-order valence-corrected chi connectivity index (χ0v) is 45.5. The molecule has 3 N–H and O–H groups in total. The van der Waals surface area contributed by atoms with Crippen LogP contribution in [0.1, 0.15) is 290 Å². The van der Waals surface area contributed by atoms with E-state index in [-0.39, 0.29) is 38.6 Å². The number of ether oxygens (including phenoxy) is 2. The third-order valence-electron chi connectivity index (χ3n) is 12.7. The summed E-state index contributed by atoms with van der Waals surface area (Å²) >= 11 is 0. The quantitative estimate of drug-likeness (QED) is 0.0264. The average molecular weight is 980 g/mol. The van der Waals surface area contributed by atoms with Crippen molar-refractivity contribution in [2.24, 2.45) is 5.73 Å². The van der Waals surface area contributed by atoms with Gasteiger partial charge in [-0.1, -0.05) is 243 Å². The first-order valence-corrected chi connectivity index (χ1v) is 30.5. The Labute approximate surface area is 420 Å². The summed E-state index contributed by atoms with van der Waals surface area (Å²) in [5.74, 6) is -0.825. The van der Waals surface area contributed by atoms with E-state index in [0.29, 0.717) is 6.42 Å². The van der Waals surface area contributed by atoms with E-state index in [9.17, 15) is 19.0 Å². The van der Waals surface area contributed by atoms with Crippen molar-refractivity contribution in [3.8, 4) is 0 Å². The molecule has 2 unspecified atom stereocenters. The van der Waals surface area contributed by atoms with Gasteiger partial charge >= 0.3 is 19.8 Å². The van der Waals surface area contributed by atoms with Gasteiger partial charge in [-0.15, -0.1) is 0 Å². The van der Waals surface area contributed by atoms with Crippen molar-refractivity contribution in [2.75, 3.05) is 26.4 Å². The fourth-order valence-corrected chi connectivity index (χ4v) is 9.19. The number of allylic oxidation sites excluding steroid dienone is 6. The molecule has 9 nitrogen and oxygen atoms in total. The predicted molar refractivity (Wildman–Crippen MR) is 289 cm³/mol. The molecule has 0 radical (unpaired) electrons. The average Bonchev–Trinajstić information content (AvgIpc) is 3.33. The molecule has 0 aromatic heterocycles. The minimum atomic E-state index is -4.38. The second kappa shape index (κ2) is 54.6. The molecule has 0 spiro atoms. The zero-order chi connectivity index (χ0) is 49.5. The Kier molecular flexibility index (Phi) is 53.1. The second-order valence-corrected chi connectivity index (χ2v) is 21.0. The highest BCUT2D eigenvalue weighted by molar-refractivity contribution is 7.47. The van der Waals surface area contributed by atoms with E-state index in [1.54, 1.807) is 0 Å². The van der Waals surface area contributed by atoms with Crippen molar-refractivity contribution in [1.82, 2.24) is 0 Å². The number of carbonyl (C=O) groups is 2. The Morgan fingerprint density at radius 1 is 0.441 bits per heavy atom. The van der Waals surface area contributed by atoms with Gasteiger partial charge in [-0.2, -0.15) is 0 Å². The molecular weight excluding hydrogens is 870 g/mol. The van der Waals surface area contributed by atoms with Crippen LogP contribution in [0.5, 0.6) is 0 Å². The number of unbranched alkanes of at least 4 members (excludes halogenated alkanes) is 36. The molecule has 10 heteroatoms. The van der Waals surface area contributed by atoms with E-state index in [0.717, 1.165) is 57.8 Å². The SMILES string of the molecule is CCCCCCC/C=C\C/C=C\CCCCCCCCCCCCCCCCCCCCCCCC(=O)OC(COC(=O)CCCCCCC/C=C\CCCCCCC)COP(=O)(O)OCCN. The van der Waals surface area contributed by atoms with Crippen LogP contribution in [0.25, 0.3) is 0 Å². The highest BCUT2D eigenvalue weighted by Crippen LogP contribution is 2.43. The lowest BCUT2D eigenvalue weighted by Crippen LogP contribution is -2.29. The molecule has 0 rings (SSSR count). The van der Waals surface area contributed by atoms with E-state index in [1.807, 2.05) is 0 Å². The Morgan fingerprint density at radius 2 is 0.765 bits per heavy atom. The van der Waals surface area contributed by atoms with Crippen LogP contribution in [0.3, 0.4) is 0 Å². The minimum absolute atomic E-state index is 0.0539. The van der Waals surface area contributed by atoms with Crippen molar-refractivity contribution >= 4 is 19.8 Å². The lowest BCUT2D eigenvalue weighted by Gasteiger charge is -2.19. The number of nitrogens with two attached hydrogens (primary N) is 1. The van der Waals surface area contributed by atoms with Gasteiger partial charge in [-0.05, 0) is 70.6 Å². The van der Waals surface area contributed by atoms with Crippen LogP contribution in [0.2, 0.25) is 0 Å². The molecule has 0 saturated carbocycles. The van der Waals surface area contributed by atoms with Gasteiger partial charge in [0.2, 0.25) is 0 Å². The minimum Gasteiger partial charge on any atom is -0.462 e. The van der Waals surface area contributed by atoms with Gasteiger partial charge in [-0.25, -0.2) is 4.57 Å². The molecule has 0 amide bonds. The Hall–Kier alpha value is -1.77. The fourth-order valence-electron chi connectivity index (χ4n) is 8.43. The summed E-state index contributed by atoms with van der Waals surface area (Å²) in [6.07, 6.45) is 65.0. The molecule has 0 aromatic rings. The molecular formula is C58H110NO8P. The smallest absolute Gasteiger partial charge is 0.462 e. The van der Waals surface area contributed by atoms with Crippen molar-refractivity contribution in [1.29, 1.82) is 0 Å². The largest absolute Gasteiger partial charge is 0.472 e. The molecule has 0 aliphatic heterocycles. The first kappa shape index (κ1) is 66.2. The van der Waals surface area contributed by atoms with Gasteiger partial charge in [0.25, 0.3) is 0 Å². The molecule has 0 fully saturated rings. The molecule has 0 aliphatic rings. The molecule has 0 bridgehead atoms. The number of phosphoric ester groups is 1. The second-order valence-electron chi connectivity index (χ2n) is 19.5. The summed E-state index contributed by atoms with van der Waals surface area (Å²) in [5, 5.41) is 0. The van der Waals surface area contributed by atoms with Crippen LogP contribution in [0.4, 0.5) is 0 Å². The van der Waals surface area contributed by atoms with Gasteiger partial charge < -0.3 is 20.1 Å². The number of esters is 2. The number of phosphoric acid groups is 1.